The van der Waals surface area contributed by atoms with Crippen LogP contribution in [-0.2, 0) is 6.54 Å². The molecule has 1 rings (SSSR count). The van der Waals surface area contributed by atoms with Gasteiger partial charge < -0.3 is 5.32 Å². The Morgan fingerprint density at radius 2 is 2.25 bits per heavy atom. The molecule has 0 fully saturated rings. The third kappa shape index (κ3) is 4.06. The first-order valence-corrected chi connectivity index (χ1v) is 6.76. The molecule has 0 aliphatic rings. The van der Waals surface area contributed by atoms with E-state index in [1.165, 1.54) is 17.0 Å². The van der Waals surface area contributed by atoms with Gasteiger partial charge in [-0.05, 0) is 33.1 Å². The highest BCUT2D eigenvalue weighted by Gasteiger charge is 2.08. The minimum atomic E-state index is 0.583. The highest BCUT2D eigenvalue weighted by molar-refractivity contribution is 7.11. The molecule has 0 amide bonds. The predicted octanol–water partition coefficient (Wildman–Crippen LogP) is 3.59. The van der Waals surface area contributed by atoms with Gasteiger partial charge in [-0.1, -0.05) is 13.0 Å². The summed E-state index contributed by atoms with van der Waals surface area (Å²) in [5.74, 6) is 0. The molecule has 1 aromatic heterocycles. The fraction of sp³-hybridized carbons (Fsp3) is 0.615. The molecule has 1 heterocycles. The van der Waals surface area contributed by atoms with E-state index in [9.17, 15) is 0 Å². The van der Waals surface area contributed by atoms with Gasteiger partial charge >= 0.3 is 0 Å². The Morgan fingerprint density at radius 1 is 1.50 bits per heavy atom. The van der Waals surface area contributed by atoms with Crippen molar-refractivity contribution in [3.8, 4) is 0 Å². The van der Waals surface area contributed by atoms with Crippen molar-refractivity contribution < 1.29 is 0 Å². The number of allylic oxidation sites excluding steroid dienone is 1. The maximum Gasteiger partial charge on any atom is 0.0900 e. The van der Waals surface area contributed by atoms with Crippen molar-refractivity contribution in [2.45, 2.75) is 52.6 Å². The lowest BCUT2D eigenvalue weighted by molar-refractivity contribution is 0.467. The molecule has 0 aliphatic heterocycles. The van der Waals surface area contributed by atoms with E-state index in [4.69, 9.17) is 0 Å². The van der Waals surface area contributed by atoms with Gasteiger partial charge in [0.15, 0.2) is 0 Å². The highest BCUT2D eigenvalue weighted by atomic mass is 32.1. The SMILES string of the molecule is C=CCCC(CC)NCc1nc(C)sc1C. The fourth-order valence-electron chi connectivity index (χ4n) is 1.75. The third-order valence-corrected chi connectivity index (χ3v) is 3.70. The standard InChI is InChI=1S/C13H22N2S/c1-5-7-8-12(6-2)14-9-13-10(3)16-11(4)15-13/h5,12,14H,1,6-9H2,2-4H3. The molecule has 1 aromatic rings. The molecular weight excluding hydrogens is 216 g/mol. The van der Waals surface area contributed by atoms with E-state index in [1.54, 1.807) is 11.3 Å². The van der Waals surface area contributed by atoms with Gasteiger partial charge in [-0.25, -0.2) is 4.98 Å². The van der Waals surface area contributed by atoms with Gasteiger partial charge in [-0.15, -0.1) is 17.9 Å². The van der Waals surface area contributed by atoms with E-state index in [0.29, 0.717) is 6.04 Å². The Kier molecular flexibility index (Phi) is 5.71. The van der Waals surface area contributed by atoms with Crippen LogP contribution in [0.2, 0.25) is 0 Å². The summed E-state index contributed by atoms with van der Waals surface area (Å²) in [4.78, 5) is 5.87. The minimum absolute atomic E-state index is 0.583. The largest absolute Gasteiger partial charge is 0.308 e. The molecule has 1 unspecified atom stereocenters. The Labute approximate surface area is 103 Å². The van der Waals surface area contributed by atoms with Gasteiger partial charge in [0.25, 0.3) is 0 Å². The van der Waals surface area contributed by atoms with Gasteiger partial charge in [0, 0.05) is 17.5 Å². The van der Waals surface area contributed by atoms with Gasteiger partial charge in [0.2, 0.25) is 0 Å². The number of hydrogen-bond acceptors (Lipinski definition) is 3. The second-order valence-electron chi connectivity index (χ2n) is 4.09. The first-order valence-electron chi connectivity index (χ1n) is 5.94. The van der Waals surface area contributed by atoms with E-state index < -0.39 is 0 Å². The minimum Gasteiger partial charge on any atom is -0.308 e. The lowest BCUT2D eigenvalue weighted by Gasteiger charge is -2.15. The summed E-state index contributed by atoms with van der Waals surface area (Å²) < 4.78 is 0. The molecule has 0 bridgehead atoms. The first kappa shape index (κ1) is 13.4. The second-order valence-corrected chi connectivity index (χ2v) is 5.50. The van der Waals surface area contributed by atoms with Gasteiger partial charge in [0.1, 0.15) is 0 Å². The highest BCUT2D eigenvalue weighted by Crippen LogP contribution is 2.16. The summed E-state index contributed by atoms with van der Waals surface area (Å²) in [7, 11) is 0. The summed E-state index contributed by atoms with van der Waals surface area (Å²) in [5.41, 5.74) is 1.21. The Hall–Kier alpha value is -0.670. The molecule has 0 spiro atoms. The monoisotopic (exact) mass is 238 g/mol. The van der Waals surface area contributed by atoms with Crippen LogP contribution >= 0.6 is 11.3 Å². The van der Waals surface area contributed by atoms with E-state index in [-0.39, 0.29) is 0 Å². The lowest BCUT2D eigenvalue weighted by Crippen LogP contribution is -2.28. The van der Waals surface area contributed by atoms with E-state index in [1.807, 2.05) is 6.08 Å². The summed E-state index contributed by atoms with van der Waals surface area (Å²) in [6, 6.07) is 0.583. The smallest absolute Gasteiger partial charge is 0.0900 e. The molecule has 0 saturated carbocycles. The van der Waals surface area contributed by atoms with Crippen molar-refractivity contribution in [2.75, 3.05) is 0 Å². The van der Waals surface area contributed by atoms with Crippen LogP contribution < -0.4 is 5.32 Å². The van der Waals surface area contributed by atoms with Crippen LogP contribution in [0, 0.1) is 13.8 Å². The molecular formula is C13H22N2S. The molecule has 2 nitrogen and oxygen atoms in total. The Balaban J connectivity index is 2.42. The molecule has 0 radical (unpaired) electrons. The Morgan fingerprint density at radius 3 is 2.75 bits per heavy atom. The van der Waals surface area contributed by atoms with E-state index in [0.717, 1.165) is 24.4 Å². The zero-order valence-electron chi connectivity index (χ0n) is 10.5. The van der Waals surface area contributed by atoms with Crippen molar-refractivity contribution in [1.29, 1.82) is 0 Å². The zero-order chi connectivity index (χ0) is 12.0. The van der Waals surface area contributed by atoms with Crippen LogP contribution in [0.3, 0.4) is 0 Å². The maximum absolute atomic E-state index is 4.53. The maximum atomic E-state index is 4.53. The summed E-state index contributed by atoms with van der Waals surface area (Å²) >= 11 is 1.78. The summed E-state index contributed by atoms with van der Waals surface area (Å²) in [6.45, 7) is 11.1. The molecule has 1 atom stereocenters. The van der Waals surface area contributed by atoms with Crippen molar-refractivity contribution in [3.63, 3.8) is 0 Å². The topological polar surface area (TPSA) is 24.9 Å². The Bertz CT molecular complexity index is 331. The van der Waals surface area contributed by atoms with Crippen LogP contribution in [0.15, 0.2) is 12.7 Å². The number of nitrogens with zero attached hydrogens (tertiary/aromatic N) is 1. The molecule has 0 aromatic carbocycles. The van der Waals surface area contributed by atoms with Gasteiger partial charge in [-0.2, -0.15) is 0 Å². The van der Waals surface area contributed by atoms with Crippen LogP contribution in [-0.4, -0.2) is 11.0 Å². The van der Waals surface area contributed by atoms with Crippen molar-refractivity contribution in [1.82, 2.24) is 10.3 Å². The number of nitrogens with one attached hydrogen (secondary N) is 1. The number of rotatable bonds is 7. The molecule has 16 heavy (non-hydrogen) atoms. The number of thiazole rings is 1. The third-order valence-electron chi connectivity index (χ3n) is 2.77. The zero-order valence-corrected chi connectivity index (χ0v) is 11.4. The van der Waals surface area contributed by atoms with E-state index in [2.05, 4.69) is 37.7 Å². The predicted molar refractivity (Wildman–Crippen MR) is 71.9 cm³/mol. The lowest BCUT2D eigenvalue weighted by atomic mass is 10.1. The molecule has 0 saturated heterocycles. The average Bonchev–Trinajstić information content (AvgIpc) is 2.58. The van der Waals surface area contributed by atoms with Crippen molar-refractivity contribution >= 4 is 11.3 Å². The first-order chi connectivity index (χ1) is 7.67. The number of aromatic nitrogens is 1. The normalized spacial score (nSPS) is 12.7. The van der Waals surface area contributed by atoms with Crippen LogP contribution in [0.5, 0.6) is 0 Å². The van der Waals surface area contributed by atoms with Crippen LogP contribution in [0.4, 0.5) is 0 Å². The molecule has 3 heteroatoms. The summed E-state index contributed by atoms with van der Waals surface area (Å²) in [6.07, 6.45) is 5.40. The molecule has 1 N–H and O–H groups in total. The van der Waals surface area contributed by atoms with E-state index >= 15 is 0 Å². The summed E-state index contributed by atoms with van der Waals surface area (Å²) in [5, 5.41) is 4.73. The van der Waals surface area contributed by atoms with Crippen LogP contribution in [0.1, 0.15) is 41.8 Å². The number of aryl methyl sites for hydroxylation is 2. The van der Waals surface area contributed by atoms with Gasteiger partial charge in [-0.3, -0.25) is 0 Å². The van der Waals surface area contributed by atoms with Crippen LogP contribution in [0.25, 0.3) is 0 Å². The number of hydrogen-bond donors (Lipinski definition) is 1. The average molecular weight is 238 g/mol. The molecule has 0 aliphatic carbocycles. The van der Waals surface area contributed by atoms with Crippen molar-refractivity contribution in [2.24, 2.45) is 0 Å². The van der Waals surface area contributed by atoms with Gasteiger partial charge in [0.05, 0.1) is 10.7 Å². The fourth-order valence-corrected chi connectivity index (χ4v) is 2.58. The van der Waals surface area contributed by atoms with Crippen molar-refractivity contribution in [3.05, 3.63) is 28.2 Å². The quantitative estimate of drug-likeness (QED) is 0.734. The second kappa shape index (κ2) is 6.81. The molecule has 90 valence electrons.